The zero-order valence-electron chi connectivity index (χ0n) is 9.74. The lowest BCUT2D eigenvalue weighted by atomic mass is 10.3. The Morgan fingerprint density at radius 2 is 2.12 bits per heavy atom. The Balaban J connectivity index is 2.83. The normalized spacial score (nSPS) is 11.9. The smallest absolute Gasteiger partial charge is 0.239 e. The van der Waals surface area contributed by atoms with Crippen molar-refractivity contribution in [2.24, 2.45) is 5.73 Å². The van der Waals surface area contributed by atoms with Crippen molar-refractivity contribution in [2.75, 3.05) is 17.2 Å². The van der Waals surface area contributed by atoms with Gasteiger partial charge in [0.25, 0.3) is 0 Å². The molecule has 0 saturated carbocycles. The zero-order chi connectivity index (χ0) is 12.1. The van der Waals surface area contributed by atoms with Gasteiger partial charge in [0.2, 0.25) is 5.91 Å². The second-order valence-electron chi connectivity index (χ2n) is 3.48. The van der Waals surface area contributed by atoms with E-state index in [0.29, 0.717) is 11.6 Å². The molecule has 88 valence electrons. The number of nitrogens with zero attached hydrogens (tertiary/aromatic N) is 2. The van der Waals surface area contributed by atoms with E-state index in [4.69, 9.17) is 5.73 Å². The zero-order valence-corrected chi connectivity index (χ0v) is 9.74. The number of amides is 1. The fraction of sp³-hybridized carbons (Fsp3) is 0.500. The van der Waals surface area contributed by atoms with Gasteiger partial charge in [0.15, 0.2) is 0 Å². The van der Waals surface area contributed by atoms with E-state index in [1.165, 1.54) is 0 Å². The lowest BCUT2D eigenvalue weighted by molar-refractivity contribution is -0.118. The minimum atomic E-state index is -0.455. The Hall–Kier alpha value is -1.85. The van der Waals surface area contributed by atoms with Crippen LogP contribution >= 0.6 is 0 Å². The van der Waals surface area contributed by atoms with Crippen LogP contribution in [0, 0.1) is 6.92 Å². The van der Waals surface area contributed by atoms with Crippen LogP contribution in [0.1, 0.15) is 19.7 Å². The number of carbonyl (C=O) groups excluding carboxylic acids is 1. The molecular formula is C10H17N5O. The Kier molecular flexibility index (Phi) is 4.04. The van der Waals surface area contributed by atoms with Crippen LogP contribution in [-0.2, 0) is 4.79 Å². The third kappa shape index (κ3) is 3.38. The van der Waals surface area contributed by atoms with Gasteiger partial charge in [-0.05, 0) is 20.8 Å². The molecule has 1 atom stereocenters. The lowest BCUT2D eigenvalue weighted by Gasteiger charge is -2.12. The van der Waals surface area contributed by atoms with Crippen molar-refractivity contribution >= 4 is 17.5 Å². The average Bonchev–Trinajstić information content (AvgIpc) is 2.16. The van der Waals surface area contributed by atoms with Crippen LogP contribution in [-0.4, -0.2) is 28.5 Å². The number of nitrogens with one attached hydrogen (secondary N) is 2. The van der Waals surface area contributed by atoms with Gasteiger partial charge in [-0.2, -0.15) is 0 Å². The van der Waals surface area contributed by atoms with Gasteiger partial charge >= 0.3 is 0 Å². The molecule has 16 heavy (non-hydrogen) atoms. The molecule has 1 unspecified atom stereocenters. The molecule has 0 aliphatic heterocycles. The number of nitrogens with two attached hydrogens (primary N) is 1. The van der Waals surface area contributed by atoms with Crippen LogP contribution in [0.3, 0.4) is 0 Å². The van der Waals surface area contributed by atoms with Crippen LogP contribution in [0.4, 0.5) is 11.6 Å². The Bertz CT molecular complexity index is 379. The van der Waals surface area contributed by atoms with E-state index in [2.05, 4.69) is 20.6 Å². The summed E-state index contributed by atoms with van der Waals surface area (Å²) in [6.07, 6.45) is 0. The van der Waals surface area contributed by atoms with Crippen molar-refractivity contribution < 1.29 is 4.79 Å². The molecule has 0 spiro atoms. The summed E-state index contributed by atoms with van der Waals surface area (Å²) in [5, 5.41) is 6.00. The van der Waals surface area contributed by atoms with Gasteiger partial charge in [-0.15, -0.1) is 0 Å². The van der Waals surface area contributed by atoms with Gasteiger partial charge in [0.05, 0.1) is 0 Å². The van der Waals surface area contributed by atoms with Gasteiger partial charge in [0.1, 0.15) is 23.5 Å². The summed E-state index contributed by atoms with van der Waals surface area (Å²) in [7, 11) is 0. The molecule has 0 aromatic carbocycles. The Morgan fingerprint density at radius 1 is 1.50 bits per heavy atom. The molecule has 0 saturated heterocycles. The molecule has 1 aromatic heterocycles. The van der Waals surface area contributed by atoms with Crippen LogP contribution in [0.25, 0.3) is 0 Å². The van der Waals surface area contributed by atoms with E-state index in [9.17, 15) is 4.79 Å². The van der Waals surface area contributed by atoms with Crippen LogP contribution in [0.15, 0.2) is 6.07 Å². The minimum absolute atomic E-state index is 0.415. The first-order valence-corrected chi connectivity index (χ1v) is 5.18. The summed E-state index contributed by atoms with van der Waals surface area (Å²) in [6.45, 7) is 6.24. The molecule has 0 aliphatic carbocycles. The molecule has 1 rings (SSSR count). The molecular weight excluding hydrogens is 206 g/mol. The SMILES string of the molecule is CCNc1cc(NC(C)C(N)=O)nc(C)n1. The van der Waals surface area contributed by atoms with Gasteiger partial charge in [-0.3, -0.25) is 4.79 Å². The van der Waals surface area contributed by atoms with E-state index in [-0.39, 0.29) is 0 Å². The topological polar surface area (TPSA) is 92.9 Å². The number of hydrogen-bond acceptors (Lipinski definition) is 5. The summed E-state index contributed by atoms with van der Waals surface area (Å²) >= 11 is 0. The van der Waals surface area contributed by atoms with Crippen molar-refractivity contribution in [2.45, 2.75) is 26.8 Å². The predicted octanol–water partition coefficient (Wildman–Crippen LogP) is 0.503. The van der Waals surface area contributed by atoms with Gasteiger partial charge < -0.3 is 16.4 Å². The van der Waals surface area contributed by atoms with Crippen molar-refractivity contribution in [1.82, 2.24) is 9.97 Å². The van der Waals surface area contributed by atoms with E-state index >= 15 is 0 Å². The number of aromatic nitrogens is 2. The number of hydrogen-bond donors (Lipinski definition) is 3. The first-order valence-electron chi connectivity index (χ1n) is 5.18. The lowest BCUT2D eigenvalue weighted by Crippen LogP contribution is -2.32. The fourth-order valence-electron chi connectivity index (χ4n) is 1.21. The minimum Gasteiger partial charge on any atom is -0.370 e. The predicted molar refractivity (Wildman–Crippen MR) is 63.2 cm³/mol. The molecule has 0 fully saturated rings. The summed E-state index contributed by atoms with van der Waals surface area (Å²) in [6, 6.07) is 1.29. The van der Waals surface area contributed by atoms with Crippen LogP contribution in [0.2, 0.25) is 0 Å². The van der Waals surface area contributed by atoms with Crippen molar-refractivity contribution in [1.29, 1.82) is 0 Å². The maximum atomic E-state index is 10.9. The second kappa shape index (κ2) is 5.29. The summed E-state index contributed by atoms with van der Waals surface area (Å²) in [5.74, 6) is 1.54. The molecule has 0 aliphatic rings. The monoisotopic (exact) mass is 223 g/mol. The molecule has 1 aromatic rings. The molecule has 4 N–H and O–H groups in total. The Labute approximate surface area is 94.7 Å². The molecule has 1 amide bonds. The highest BCUT2D eigenvalue weighted by atomic mass is 16.1. The first-order chi connectivity index (χ1) is 7.52. The van der Waals surface area contributed by atoms with Crippen molar-refractivity contribution in [3.63, 3.8) is 0 Å². The van der Waals surface area contributed by atoms with Crippen LogP contribution in [0.5, 0.6) is 0 Å². The molecule has 0 bridgehead atoms. The van der Waals surface area contributed by atoms with Gasteiger partial charge in [0, 0.05) is 12.6 Å². The third-order valence-corrected chi connectivity index (χ3v) is 1.99. The maximum absolute atomic E-state index is 10.9. The van der Waals surface area contributed by atoms with Gasteiger partial charge in [-0.1, -0.05) is 0 Å². The first kappa shape index (κ1) is 12.2. The van der Waals surface area contributed by atoms with Crippen LogP contribution < -0.4 is 16.4 Å². The van der Waals surface area contributed by atoms with Gasteiger partial charge in [-0.25, -0.2) is 9.97 Å². The Morgan fingerprint density at radius 3 is 2.69 bits per heavy atom. The summed E-state index contributed by atoms with van der Waals surface area (Å²) < 4.78 is 0. The maximum Gasteiger partial charge on any atom is 0.239 e. The highest BCUT2D eigenvalue weighted by Gasteiger charge is 2.09. The van der Waals surface area contributed by atoms with Crippen molar-refractivity contribution in [3.05, 3.63) is 11.9 Å². The number of carbonyl (C=O) groups is 1. The number of primary amides is 1. The molecule has 0 radical (unpaired) electrons. The fourth-order valence-corrected chi connectivity index (χ4v) is 1.21. The van der Waals surface area contributed by atoms with E-state index in [1.54, 1.807) is 19.9 Å². The number of aryl methyl sites for hydroxylation is 1. The number of anilines is 2. The summed E-state index contributed by atoms with van der Waals surface area (Å²) in [4.78, 5) is 19.3. The number of rotatable bonds is 5. The van der Waals surface area contributed by atoms with E-state index in [1.807, 2.05) is 6.92 Å². The molecule has 6 nitrogen and oxygen atoms in total. The quantitative estimate of drug-likeness (QED) is 0.676. The second-order valence-corrected chi connectivity index (χ2v) is 3.48. The summed E-state index contributed by atoms with van der Waals surface area (Å²) in [5.41, 5.74) is 5.16. The molecule has 6 heteroatoms. The highest BCUT2D eigenvalue weighted by molar-refractivity contribution is 5.82. The average molecular weight is 223 g/mol. The standard InChI is InChI=1S/C10H17N5O/c1-4-12-8-5-9(15-7(3)14-8)13-6(2)10(11)16/h5-6H,4H2,1-3H3,(H2,11,16)(H2,12,13,14,15). The van der Waals surface area contributed by atoms with E-state index < -0.39 is 11.9 Å². The highest BCUT2D eigenvalue weighted by Crippen LogP contribution is 2.11. The largest absolute Gasteiger partial charge is 0.370 e. The molecule has 1 heterocycles. The van der Waals surface area contributed by atoms with Crippen molar-refractivity contribution in [3.8, 4) is 0 Å². The van der Waals surface area contributed by atoms with E-state index in [0.717, 1.165) is 12.4 Å². The third-order valence-electron chi connectivity index (χ3n) is 1.99.